The molecule has 16 heavy (non-hydrogen) atoms. The number of hydrogen-bond donors (Lipinski definition) is 0. The molecule has 1 aromatic heterocycles. The minimum Gasteiger partial charge on any atom is -0.229 e. The predicted molar refractivity (Wildman–Crippen MR) is 72.4 cm³/mol. The molecule has 1 aromatic rings. The van der Waals surface area contributed by atoms with Crippen molar-refractivity contribution in [3.8, 4) is 0 Å². The van der Waals surface area contributed by atoms with Gasteiger partial charge in [-0.25, -0.2) is 8.42 Å². The molecule has 0 amide bonds. The van der Waals surface area contributed by atoms with Crippen LogP contribution in [0.5, 0.6) is 0 Å². The molecular weight excluding hydrogens is 355 g/mol. The zero-order valence-corrected chi connectivity index (χ0v) is 12.9. The summed E-state index contributed by atoms with van der Waals surface area (Å²) in [6, 6.07) is 1.87. The summed E-state index contributed by atoms with van der Waals surface area (Å²) in [6.45, 7) is 0. The van der Waals surface area contributed by atoms with Gasteiger partial charge >= 0.3 is 0 Å². The first kappa shape index (κ1) is 13.1. The van der Waals surface area contributed by atoms with Crippen molar-refractivity contribution in [3.05, 3.63) is 19.8 Å². The van der Waals surface area contributed by atoms with E-state index in [1.54, 1.807) is 0 Å². The molecule has 0 N–H and O–H groups in total. The molecule has 1 aliphatic heterocycles. The maximum absolute atomic E-state index is 11.4. The Bertz CT molecular complexity index is 478. The van der Waals surface area contributed by atoms with Gasteiger partial charge in [-0.2, -0.15) is 0 Å². The van der Waals surface area contributed by atoms with Crippen LogP contribution in [0, 0.1) is 5.92 Å². The van der Waals surface area contributed by atoms with E-state index in [-0.39, 0.29) is 22.8 Å². The lowest BCUT2D eigenvalue weighted by atomic mass is 10.0. The fourth-order valence-corrected chi connectivity index (χ4v) is 5.95. The van der Waals surface area contributed by atoms with Gasteiger partial charge in [0.25, 0.3) is 0 Å². The number of halogens is 3. The van der Waals surface area contributed by atoms with Crippen molar-refractivity contribution in [1.29, 1.82) is 0 Å². The molecule has 90 valence electrons. The highest BCUT2D eigenvalue weighted by Gasteiger charge is 2.34. The molecule has 0 aliphatic carbocycles. The fourth-order valence-electron chi connectivity index (χ4n) is 1.79. The van der Waals surface area contributed by atoms with Gasteiger partial charge in [-0.3, -0.25) is 0 Å². The molecule has 1 fully saturated rings. The molecule has 2 atom stereocenters. The van der Waals surface area contributed by atoms with Crippen LogP contribution in [0.3, 0.4) is 0 Å². The summed E-state index contributed by atoms with van der Waals surface area (Å²) >= 11 is 16.9. The summed E-state index contributed by atoms with van der Waals surface area (Å²) in [4.78, 5) is 0.931. The Labute approximate surface area is 117 Å². The highest BCUT2D eigenvalue weighted by Crippen LogP contribution is 2.43. The molecule has 0 aromatic carbocycles. The molecule has 0 spiro atoms. The second-order valence-electron chi connectivity index (χ2n) is 3.84. The summed E-state index contributed by atoms with van der Waals surface area (Å²) in [5, 5.41) is -0.258. The van der Waals surface area contributed by atoms with Crippen LogP contribution in [-0.4, -0.2) is 19.9 Å². The van der Waals surface area contributed by atoms with Crippen molar-refractivity contribution >= 4 is 60.3 Å². The number of rotatable bonds is 2. The normalized spacial score (nSPS) is 25.8. The predicted octanol–water partition coefficient (Wildman–Crippen LogP) is 3.88. The van der Waals surface area contributed by atoms with Crippen molar-refractivity contribution in [2.24, 2.45) is 5.92 Å². The first-order valence-electron chi connectivity index (χ1n) is 4.68. The average molecular weight is 364 g/mol. The van der Waals surface area contributed by atoms with Crippen LogP contribution in [0.1, 0.15) is 16.7 Å². The van der Waals surface area contributed by atoms with Gasteiger partial charge < -0.3 is 0 Å². The summed E-state index contributed by atoms with van der Waals surface area (Å²) < 4.78 is 24.2. The van der Waals surface area contributed by atoms with Crippen LogP contribution >= 0.6 is 50.5 Å². The SMILES string of the molecule is O=S1(=O)CCC(C(Cl)c2cc(Br)c(Cl)s2)C1. The third-order valence-corrected chi connectivity index (χ3v) is 7.69. The monoisotopic (exact) mass is 362 g/mol. The Balaban J connectivity index is 2.17. The van der Waals surface area contributed by atoms with Gasteiger partial charge in [0.2, 0.25) is 0 Å². The zero-order valence-electron chi connectivity index (χ0n) is 8.12. The summed E-state index contributed by atoms with van der Waals surface area (Å²) in [6.07, 6.45) is 0.642. The Morgan fingerprint density at radius 3 is 2.69 bits per heavy atom. The van der Waals surface area contributed by atoms with E-state index in [0.29, 0.717) is 10.8 Å². The van der Waals surface area contributed by atoms with Gasteiger partial charge in [-0.1, -0.05) is 11.6 Å². The molecule has 2 nitrogen and oxygen atoms in total. The van der Waals surface area contributed by atoms with Crippen LogP contribution < -0.4 is 0 Å². The van der Waals surface area contributed by atoms with Crippen molar-refractivity contribution < 1.29 is 8.42 Å². The van der Waals surface area contributed by atoms with Crippen LogP contribution in [0.2, 0.25) is 4.34 Å². The Kier molecular flexibility index (Phi) is 3.92. The van der Waals surface area contributed by atoms with E-state index in [0.717, 1.165) is 9.35 Å². The zero-order chi connectivity index (χ0) is 11.9. The molecule has 2 rings (SSSR count). The van der Waals surface area contributed by atoms with Gasteiger partial charge in [0, 0.05) is 9.35 Å². The van der Waals surface area contributed by atoms with E-state index >= 15 is 0 Å². The van der Waals surface area contributed by atoms with Crippen LogP contribution in [0.15, 0.2) is 10.5 Å². The first-order valence-corrected chi connectivity index (χ1v) is 8.93. The minimum atomic E-state index is -2.88. The van der Waals surface area contributed by atoms with Gasteiger partial charge in [0.1, 0.15) is 4.34 Å². The molecule has 1 aliphatic rings. The molecular formula is C9H9BrCl2O2S2. The molecule has 1 saturated heterocycles. The number of sulfone groups is 1. The Hall–Kier alpha value is 0.710. The van der Waals surface area contributed by atoms with E-state index in [2.05, 4.69) is 15.9 Å². The van der Waals surface area contributed by atoms with E-state index in [1.165, 1.54) is 11.3 Å². The fraction of sp³-hybridized carbons (Fsp3) is 0.556. The molecule has 7 heteroatoms. The smallest absolute Gasteiger partial charge is 0.150 e. The van der Waals surface area contributed by atoms with Gasteiger partial charge in [0.15, 0.2) is 9.84 Å². The molecule has 0 bridgehead atoms. The van der Waals surface area contributed by atoms with E-state index in [1.807, 2.05) is 6.07 Å². The van der Waals surface area contributed by atoms with Gasteiger partial charge in [-0.05, 0) is 34.3 Å². The standard InChI is InChI=1S/C9H9BrCl2O2S2/c10-6-3-7(15-9(6)12)8(11)5-1-2-16(13,14)4-5/h3,5,8H,1-2,4H2. The molecule has 0 saturated carbocycles. The minimum absolute atomic E-state index is 0.00767. The lowest BCUT2D eigenvalue weighted by Crippen LogP contribution is -2.09. The lowest BCUT2D eigenvalue weighted by Gasteiger charge is -2.13. The number of thiophene rings is 1. The topological polar surface area (TPSA) is 34.1 Å². The molecule has 0 radical (unpaired) electrons. The second kappa shape index (κ2) is 4.76. The van der Waals surface area contributed by atoms with Crippen molar-refractivity contribution in [3.63, 3.8) is 0 Å². The summed E-state index contributed by atoms with van der Waals surface area (Å²) in [5.74, 6) is 0.448. The first-order chi connectivity index (χ1) is 7.39. The molecule has 2 heterocycles. The summed E-state index contributed by atoms with van der Waals surface area (Å²) in [7, 11) is -2.88. The number of alkyl halides is 1. The van der Waals surface area contributed by atoms with Crippen LogP contribution in [-0.2, 0) is 9.84 Å². The van der Waals surface area contributed by atoms with Crippen molar-refractivity contribution in [2.45, 2.75) is 11.8 Å². The van der Waals surface area contributed by atoms with Crippen LogP contribution in [0.4, 0.5) is 0 Å². The van der Waals surface area contributed by atoms with Gasteiger partial charge in [0.05, 0.1) is 16.9 Å². The quantitative estimate of drug-likeness (QED) is 0.747. The highest BCUT2D eigenvalue weighted by atomic mass is 79.9. The largest absolute Gasteiger partial charge is 0.229 e. The third kappa shape index (κ3) is 2.75. The van der Waals surface area contributed by atoms with Crippen molar-refractivity contribution in [1.82, 2.24) is 0 Å². The van der Waals surface area contributed by atoms with Crippen molar-refractivity contribution in [2.75, 3.05) is 11.5 Å². The van der Waals surface area contributed by atoms with Crippen LogP contribution in [0.25, 0.3) is 0 Å². The van der Waals surface area contributed by atoms with Gasteiger partial charge in [-0.15, -0.1) is 22.9 Å². The van der Waals surface area contributed by atoms with E-state index in [9.17, 15) is 8.42 Å². The second-order valence-corrected chi connectivity index (χ2v) is 9.07. The number of hydrogen-bond acceptors (Lipinski definition) is 3. The third-order valence-electron chi connectivity index (χ3n) is 2.62. The average Bonchev–Trinajstić information content (AvgIpc) is 2.70. The van der Waals surface area contributed by atoms with E-state index < -0.39 is 9.84 Å². The maximum atomic E-state index is 11.4. The van der Waals surface area contributed by atoms with E-state index in [4.69, 9.17) is 23.2 Å². The Morgan fingerprint density at radius 1 is 1.56 bits per heavy atom. The maximum Gasteiger partial charge on any atom is 0.150 e. The summed E-state index contributed by atoms with van der Waals surface area (Å²) in [5.41, 5.74) is 0. The Morgan fingerprint density at radius 2 is 2.25 bits per heavy atom. The molecule has 2 unspecified atom stereocenters. The highest BCUT2D eigenvalue weighted by molar-refractivity contribution is 9.10. The lowest BCUT2D eigenvalue weighted by molar-refractivity contribution is 0.573.